The van der Waals surface area contributed by atoms with Gasteiger partial charge in [-0.1, -0.05) is 110 Å². The van der Waals surface area contributed by atoms with E-state index in [1.165, 1.54) is 0 Å². The molecule has 0 saturated heterocycles. The van der Waals surface area contributed by atoms with Crippen LogP contribution in [0.25, 0.3) is 10.4 Å². The number of azide groups is 1. The fourth-order valence-electron chi connectivity index (χ4n) is 6.12. The fraction of sp³-hybridized carbons (Fsp3) is 0.468. The molecule has 0 spiro atoms. The molecule has 0 aliphatic heterocycles. The number of hydrogen-bond donors (Lipinski definition) is 8. The Morgan fingerprint density at radius 1 is 0.603 bits per heavy atom. The van der Waals surface area contributed by atoms with E-state index < -0.39 is 78.5 Å². The highest BCUT2D eigenvalue weighted by Gasteiger charge is 2.34. The van der Waals surface area contributed by atoms with Crippen molar-refractivity contribution in [2.75, 3.05) is 52.5 Å². The number of hydrogen-bond acceptors (Lipinski definition) is 14. The van der Waals surface area contributed by atoms with Crippen LogP contribution in [0.2, 0.25) is 0 Å². The average molecular weight is 946 g/mol. The Labute approximate surface area is 397 Å². The molecule has 0 saturated carbocycles. The summed E-state index contributed by atoms with van der Waals surface area (Å²) < 4.78 is 16.1. The molecular formula is C47H67N11O10. The standard InChI is InChI=1S/C43H54N8O10.C4H13N3/c1-29(2)23-34(41(56)49-35(24-31-13-7-4-8-14-31)40(55)45-19-21-59-22-20-46-51-44)48-43(58)37(26-39(54)61-28-33-17-11-6-12-18-33)50-42(57)36(47-30(3)52)25-38(53)60-27-32-15-9-5-10-16-32;5-1-3-7-4-2-6/h4-18,29,34-37H,19-28H2,1-3H3,(H,45,55)(H,47,52)(H,48,58)(H,49,56)(H,50,57);7H,1-6H2/t34-,35+,36-,37+;/m1./s1. The molecule has 0 radical (unpaired) electrons. The molecule has 0 fully saturated rings. The normalized spacial score (nSPS) is 12.3. The summed E-state index contributed by atoms with van der Waals surface area (Å²) in [4.78, 5) is 96.0. The second-order valence-electron chi connectivity index (χ2n) is 15.6. The van der Waals surface area contributed by atoms with Crippen LogP contribution in [-0.4, -0.2) is 118 Å². The maximum absolute atomic E-state index is 14.1. The predicted molar refractivity (Wildman–Crippen MR) is 254 cm³/mol. The fourth-order valence-corrected chi connectivity index (χ4v) is 6.12. The molecule has 370 valence electrons. The van der Waals surface area contributed by atoms with Crippen molar-refractivity contribution in [3.05, 3.63) is 118 Å². The van der Waals surface area contributed by atoms with Crippen molar-refractivity contribution in [1.29, 1.82) is 0 Å². The Bertz CT molecular complexity index is 2020. The minimum absolute atomic E-state index is 0.0892. The Balaban J connectivity index is 0.00000209. The van der Waals surface area contributed by atoms with Gasteiger partial charge in [0.25, 0.3) is 0 Å². The Hall–Kier alpha value is -6.90. The van der Waals surface area contributed by atoms with Crippen LogP contribution in [0.5, 0.6) is 0 Å². The first-order valence-corrected chi connectivity index (χ1v) is 22.3. The molecule has 0 aliphatic carbocycles. The van der Waals surface area contributed by atoms with Gasteiger partial charge in [-0.2, -0.15) is 0 Å². The second-order valence-corrected chi connectivity index (χ2v) is 15.6. The van der Waals surface area contributed by atoms with Crippen LogP contribution in [0.15, 0.2) is 96.1 Å². The van der Waals surface area contributed by atoms with Gasteiger partial charge in [0, 0.05) is 57.5 Å². The van der Waals surface area contributed by atoms with E-state index in [1.54, 1.807) is 84.9 Å². The van der Waals surface area contributed by atoms with Gasteiger partial charge in [0.05, 0.1) is 26.1 Å². The Kier molecular flexibility index (Phi) is 29.0. The topological polar surface area (TPSA) is 320 Å². The summed E-state index contributed by atoms with van der Waals surface area (Å²) >= 11 is 0. The van der Waals surface area contributed by atoms with Crippen molar-refractivity contribution < 1.29 is 47.8 Å². The smallest absolute Gasteiger partial charge is 0.308 e. The van der Waals surface area contributed by atoms with Gasteiger partial charge >= 0.3 is 11.9 Å². The molecule has 0 heterocycles. The zero-order chi connectivity index (χ0) is 49.9. The molecule has 3 aromatic carbocycles. The minimum atomic E-state index is -1.64. The number of nitrogens with one attached hydrogen (secondary N) is 6. The number of esters is 2. The molecule has 21 nitrogen and oxygen atoms in total. The van der Waals surface area contributed by atoms with Crippen molar-refractivity contribution in [2.45, 2.75) is 83.8 Å². The lowest BCUT2D eigenvalue weighted by Gasteiger charge is -2.27. The predicted octanol–water partition coefficient (Wildman–Crippen LogP) is 1.44. The van der Waals surface area contributed by atoms with Gasteiger partial charge in [-0.25, -0.2) is 0 Å². The van der Waals surface area contributed by atoms with E-state index in [0.29, 0.717) is 24.2 Å². The lowest BCUT2D eigenvalue weighted by Crippen LogP contribution is -2.59. The van der Waals surface area contributed by atoms with Crippen molar-refractivity contribution in [2.24, 2.45) is 22.5 Å². The van der Waals surface area contributed by atoms with Crippen molar-refractivity contribution in [3.8, 4) is 0 Å². The van der Waals surface area contributed by atoms with E-state index in [2.05, 4.69) is 41.9 Å². The van der Waals surface area contributed by atoms with E-state index >= 15 is 0 Å². The third-order valence-electron chi connectivity index (χ3n) is 9.40. The van der Waals surface area contributed by atoms with Gasteiger partial charge in [0.1, 0.15) is 37.4 Å². The van der Waals surface area contributed by atoms with Crippen LogP contribution < -0.4 is 43.4 Å². The van der Waals surface area contributed by atoms with Crippen molar-refractivity contribution in [1.82, 2.24) is 31.9 Å². The lowest BCUT2D eigenvalue weighted by atomic mass is 10.0. The molecule has 0 bridgehead atoms. The van der Waals surface area contributed by atoms with Crippen molar-refractivity contribution >= 4 is 41.5 Å². The Morgan fingerprint density at radius 2 is 1.06 bits per heavy atom. The highest BCUT2D eigenvalue weighted by Crippen LogP contribution is 2.11. The van der Waals surface area contributed by atoms with Crippen LogP contribution in [0.4, 0.5) is 0 Å². The summed E-state index contributed by atoms with van der Waals surface area (Å²) in [6.45, 7) is 8.18. The molecule has 68 heavy (non-hydrogen) atoms. The molecule has 21 heteroatoms. The molecule has 3 aromatic rings. The number of carbonyl (C=O) groups is 7. The zero-order valence-corrected chi connectivity index (χ0v) is 39.0. The number of carbonyl (C=O) groups excluding carboxylic acids is 7. The van der Waals surface area contributed by atoms with Crippen LogP contribution in [-0.2, 0) is 67.4 Å². The first kappa shape index (κ1) is 57.2. The first-order chi connectivity index (χ1) is 32.8. The number of benzene rings is 3. The van der Waals surface area contributed by atoms with Gasteiger partial charge in [0.15, 0.2) is 0 Å². The first-order valence-electron chi connectivity index (χ1n) is 22.3. The molecule has 0 aromatic heterocycles. The summed E-state index contributed by atoms with van der Waals surface area (Å²) in [6.07, 6.45) is -1.09. The van der Waals surface area contributed by atoms with Gasteiger partial charge in [-0.3, -0.25) is 33.6 Å². The van der Waals surface area contributed by atoms with Crippen LogP contribution in [0, 0.1) is 5.92 Å². The van der Waals surface area contributed by atoms with Gasteiger partial charge in [-0.15, -0.1) is 0 Å². The lowest BCUT2D eigenvalue weighted by molar-refractivity contribution is -0.149. The number of nitrogens with two attached hydrogens (primary N) is 2. The monoisotopic (exact) mass is 946 g/mol. The van der Waals surface area contributed by atoms with E-state index in [9.17, 15) is 33.6 Å². The summed E-state index contributed by atoms with van der Waals surface area (Å²) in [5.74, 6) is -5.65. The summed E-state index contributed by atoms with van der Waals surface area (Å²) in [6, 6.07) is 21.1. The highest BCUT2D eigenvalue weighted by molar-refractivity contribution is 5.97. The summed E-state index contributed by atoms with van der Waals surface area (Å²) in [7, 11) is 0. The summed E-state index contributed by atoms with van der Waals surface area (Å²) in [5, 5.41) is 19.4. The third kappa shape index (κ3) is 25.7. The van der Waals surface area contributed by atoms with Gasteiger partial charge < -0.3 is 57.6 Å². The quantitative estimate of drug-likeness (QED) is 0.0154. The number of ether oxygens (including phenoxy) is 3. The average Bonchev–Trinajstić information content (AvgIpc) is 3.32. The highest BCUT2D eigenvalue weighted by atomic mass is 16.5. The molecule has 5 amide bonds. The van der Waals surface area contributed by atoms with Crippen molar-refractivity contribution in [3.63, 3.8) is 0 Å². The van der Waals surface area contributed by atoms with Crippen LogP contribution in [0.1, 0.15) is 56.7 Å². The maximum atomic E-state index is 14.1. The third-order valence-corrected chi connectivity index (χ3v) is 9.40. The molecule has 4 atom stereocenters. The van der Waals surface area contributed by atoms with Crippen LogP contribution >= 0.6 is 0 Å². The van der Waals surface area contributed by atoms with Gasteiger partial charge in [0.2, 0.25) is 29.5 Å². The molecule has 0 aliphatic rings. The minimum Gasteiger partial charge on any atom is -0.461 e. The maximum Gasteiger partial charge on any atom is 0.308 e. The summed E-state index contributed by atoms with van der Waals surface area (Å²) in [5.41, 5.74) is 20.9. The number of amides is 5. The molecule has 0 unspecified atom stereocenters. The van der Waals surface area contributed by atoms with E-state index in [0.717, 1.165) is 25.6 Å². The zero-order valence-electron chi connectivity index (χ0n) is 39.0. The SMILES string of the molecule is CC(=O)N[C@H](CC(=O)OCc1ccccc1)C(=O)N[C@@H](CC(=O)OCc1ccccc1)C(=O)N[C@H](CC(C)C)C(=O)N[C@@H](Cc1ccccc1)C(=O)NCCOCCN=[N+]=[N-].NCCNCCN. The van der Waals surface area contributed by atoms with E-state index in [-0.39, 0.29) is 58.3 Å². The number of nitrogens with zero attached hydrogens (tertiary/aromatic N) is 3. The largest absolute Gasteiger partial charge is 0.461 e. The van der Waals surface area contributed by atoms with E-state index in [1.807, 2.05) is 19.9 Å². The number of rotatable bonds is 30. The molecular weight excluding hydrogens is 879 g/mol. The van der Waals surface area contributed by atoms with Gasteiger partial charge in [-0.05, 0) is 34.6 Å². The second kappa shape index (κ2) is 34.4. The van der Waals surface area contributed by atoms with Crippen LogP contribution in [0.3, 0.4) is 0 Å². The molecule has 10 N–H and O–H groups in total. The Morgan fingerprint density at radius 3 is 1.53 bits per heavy atom. The molecule has 3 rings (SSSR count). The van der Waals surface area contributed by atoms with E-state index in [4.69, 9.17) is 31.2 Å².